The third-order valence-corrected chi connectivity index (χ3v) is 3.66. The number of hydrogen-bond donors (Lipinski definition) is 0. The highest BCUT2D eigenvalue weighted by atomic mass is 16.6. The Balaban J connectivity index is 2.37. The van der Waals surface area contributed by atoms with Crippen LogP contribution in [0.2, 0.25) is 0 Å². The van der Waals surface area contributed by atoms with Crippen molar-refractivity contribution in [3.8, 4) is 11.5 Å². The van der Waals surface area contributed by atoms with Crippen LogP contribution in [-0.4, -0.2) is 11.9 Å². The monoisotopic (exact) mass is 334 g/mol. The van der Waals surface area contributed by atoms with Crippen LogP contribution in [0.1, 0.15) is 72.1 Å². The molecule has 0 saturated carbocycles. The molecule has 0 saturated heterocycles. The normalized spacial score (nSPS) is 10.7. The summed E-state index contributed by atoms with van der Waals surface area (Å²) >= 11 is 0. The maximum atomic E-state index is 12.0. The minimum absolute atomic E-state index is 0.280. The molecule has 0 radical (unpaired) electrons. The number of para-hydroxylation sites is 2. The van der Waals surface area contributed by atoms with Crippen molar-refractivity contribution in [2.75, 3.05) is 0 Å². The van der Waals surface area contributed by atoms with Crippen LogP contribution in [0.25, 0.3) is 0 Å². The molecular formula is C20H30O4. The third-order valence-electron chi connectivity index (χ3n) is 3.66. The van der Waals surface area contributed by atoms with Gasteiger partial charge in [-0.1, -0.05) is 58.6 Å². The first-order chi connectivity index (χ1) is 11.5. The quantitative estimate of drug-likeness (QED) is 0.313. The molecule has 0 aliphatic rings. The molecule has 0 spiro atoms. The molecule has 24 heavy (non-hydrogen) atoms. The second-order valence-electron chi connectivity index (χ2n) is 6.49. The van der Waals surface area contributed by atoms with Crippen LogP contribution in [0, 0.1) is 5.92 Å². The molecule has 1 aromatic carbocycles. The molecule has 0 bridgehead atoms. The van der Waals surface area contributed by atoms with Crippen LogP contribution in [0.15, 0.2) is 24.3 Å². The van der Waals surface area contributed by atoms with E-state index in [4.69, 9.17) is 9.47 Å². The molecule has 0 atom stereocenters. The zero-order valence-electron chi connectivity index (χ0n) is 15.2. The minimum atomic E-state index is -0.314. The van der Waals surface area contributed by atoms with Gasteiger partial charge in [0.2, 0.25) is 0 Å². The van der Waals surface area contributed by atoms with Crippen molar-refractivity contribution < 1.29 is 19.1 Å². The lowest BCUT2D eigenvalue weighted by atomic mass is 10.0. The van der Waals surface area contributed by atoms with Gasteiger partial charge in [-0.3, -0.25) is 9.59 Å². The zero-order valence-corrected chi connectivity index (χ0v) is 15.2. The Morgan fingerprint density at radius 3 is 1.96 bits per heavy atom. The van der Waals surface area contributed by atoms with E-state index in [0.29, 0.717) is 24.3 Å². The number of carbonyl (C=O) groups is 2. The van der Waals surface area contributed by atoms with E-state index < -0.39 is 0 Å². The number of unbranched alkanes of at least 4 members (excludes halogenated alkanes) is 3. The number of carbonyl (C=O) groups excluding carboxylic acids is 2. The summed E-state index contributed by atoms with van der Waals surface area (Å²) in [6.45, 7) is 6.36. The van der Waals surface area contributed by atoms with Gasteiger partial charge in [-0.2, -0.15) is 0 Å². The fourth-order valence-corrected chi connectivity index (χ4v) is 2.35. The van der Waals surface area contributed by atoms with Gasteiger partial charge < -0.3 is 9.47 Å². The van der Waals surface area contributed by atoms with Crippen molar-refractivity contribution in [1.29, 1.82) is 0 Å². The summed E-state index contributed by atoms with van der Waals surface area (Å²) in [5.74, 6) is 0.763. The first-order valence-corrected chi connectivity index (χ1v) is 9.03. The number of esters is 2. The number of hydrogen-bond acceptors (Lipinski definition) is 4. The van der Waals surface area contributed by atoms with Crippen molar-refractivity contribution in [2.45, 2.75) is 72.1 Å². The van der Waals surface area contributed by atoms with Crippen LogP contribution in [0.4, 0.5) is 0 Å². The van der Waals surface area contributed by atoms with E-state index >= 15 is 0 Å². The van der Waals surface area contributed by atoms with Gasteiger partial charge in [0.1, 0.15) is 0 Å². The van der Waals surface area contributed by atoms with Gasteiger partial charge >= 0.3 is 11.9 Å². The van der Waals surface area contributed by atoms with E-state index in [-0.39, 0.29) is 11.9 Å². The van der Waals surface area contributed by atoms with E-state index in [1.807, 2.05) is 6.92 Å². The second kappa shape index (κ2) is 11.7. The number of ether oxygens (including phenoxy) is 2. The van der Waals surface area contributed by atoms with E-state index in [2.05, 4.69) is 13.8 Å². The Hall–Kier alpha value is -1.84. The van der Waals surface area contributed by atoms with E-state index in [1.165, 1.54) is 12.8 Å². The first-order valence-electron chi connectivity index (χ1n) is 9.03. The van der Waals surface area contributed by atoms with Gasteiger partial charge in [-0.15, -0.1) is 0 Å². The van der Waals surface area contributed by atoms with Crippen LogP contribution in [0.3, 0.4) is 0 Å². The first kappa shape index (κ1) is 20.2. The Morgan fingerprint density at radius 2 is 1.42 bits per heavy atom. The fourth-order valence-electron chi connectivity index (χ4n) is 2.35. The third kappa shape index (κ3) is 8.70. The van der Waals surface area contributed by atoms with Crippen molar-refractivity contribution in [1.82, 2.24) is 0 Å². The Morgan fingerprint density at radius 1 is 0.875 bits per heavy atom. The van der Waals surface area contributed by atoms with Crippen molar-refractivity contribution in [3.63, 3.8) is 0 Å². The molecule has 1 aromatic rings. The lowest BCUT2D eigenvalue weighted by molar-refractivity contribution is -0.137. The summed E-state index contributed by atoms with van der Waals surface area (Å²) in [6.07, 6.45) is 6.92. The molecule has 0 fully saturated rings. The van der Waals surface area contributed by atoms with Crippen LogP contribution < -0.4 is 9.47 Å². The Labute approximate surface area is 145 Å². The fraction of sp³-hybridized carbons (Fsp3) is 0.600. The van der Waals surface area contributed by atoms with Crippen LogP contribution in [0.5, 0.6) is 11.5 Å². The maximum absolute atomic E-state index is 12.0. The molecule has 0 aliphatic heterocycles. The maximum Gasteiger partial charge on any atom is 0.311 e. The predicted molar refractivity (Wildman–Crippen MR) is 95.2 cm³/mol. The molecule has 0 amide bonds. The molecule has 1 rings (SSSR count). The van der Waals surface area contributed by atoms with Crippen molar-refractivity contribution in [3.05, 3.63) is 24.3 Å². The van der Waals surface area contributed by atoms with Gasteiger partial charge in [0.25, 0.3) is 0 Å². The molecule has 0 aromatic heterocycles. The molecule has 0 aliphatic carbocycles. The highest BCUT2D eigenvalue weighted by molar-refractivity contribution is 5.76. The van der Waals surface area contributed by atoms with Gasteiger partial charge in [-0.05, 0) is 30.9 Å². The van der Waals surface area contributed by atoms with Crippen molar-refractivity contribution >= 4 is 11.9 Å². The summed E-state index contributed by atoms with van der Waals surface area (Å²) in [4.78, 5) is 23.6. The van der Waals surface area contributed by atoms with Gasteiger partial charge in [-0.25, -0.2) is 0 Å². The molecule has 4 nitrogen and oxygen atoms in total. The molecular weight excluding hydrogens is 304 g/mol. The minimum Gasteiger partial charge on any atom is -0.423 e. The van der Waals surface area contributed by atoms with E-state index in [0.717, 1.165) is 31.6 Å². The van der Waals surface area contributed by atoms with E-state index in [1.54, 1.807) is 24.3 Å². The average Bonchev–Trinajstić information content (AvgIpc) is 2.52. The van der Waals surface area contributed by atoms with E-state index in [9.17, 15) is 9.59 Å². The van der Waals surface area contributed by atoms with Gasteiger partial charge in [0, 0.05) is 12.8 Å². The highest BCUT2D eigenvalue weighted by Gasteiger charge is 2.12. The summed E-state index contributed by atoms with van der Waals surface area (Å²) < 4.78 is 10.6. The molecule has 0 unspecified atom stereocenters. The molecule has 134 valence electrons. The highest BCUT2D eigenvalue weighted by Crippen LogP contribution is 2.27. The topological polar surface area (TPSA) is 52.6 Å². The smallest absolute Gasteiger partial charge is 0.311 e. The standard InChI is InChI=1S/C20H30O4/c1-4-11-19(21)23-17-13-9-10-14-18(17)24-20(22)15-8-6-5-7-12-16(2)3/h9-10,13-14,16H,4-8,11-12,15H2,1-3H3. The SMILES string of the molecule is CCCC(=O)Oc1ccccc1OC(=O)CCCCCCC(C)C. The second-order valence-corrected chi connectivity index (χ2v) is 6.49. The molecule has 0 N–H and O–H groups in total. The Kier molecular flexibility index (Phi) is 9.81. The zero-order chi connectivity index (χ0) is 17.8. The lowest BCUT2D eigenvalue weighted by Crippen LogP contribution is -2.11. The van der Waals surface area contributed by atoms with Crippen molar-refractivity contribution in [2.24, 2.45) is 5.92 Å². The summed E-state index contributed by atoms with van der Waals surface area (Å²) in [5, 5.41) is 0. The molecule has 4 heteroatoms. The summed E-state index contributed by atoms with van der Waals surface area (Å²) in [5.41, 5.74) is 0. The lowest BCUT2D eigenvalue weighted by Gasteiger charge is -2.10. The van der Waals surface area contributed by atoms with Gasteiger partial charge in [0.05, 0.1) is 0 Å². The number of benzene rings is 1. The molecule has 0 heterocycles. The summed E-state index contributed by atoms with van der Waals surface area (Å²) in [6, 6.07) is 6.80. The number of rotatable bonds is 11. The Bertz CT molecular complexity index is 508. The average molecular weight is 334 g/mol. The van der Waals surface area contributed by atoms with Crippen LogP contribution in [-0.2, 0) is 9.59 Å². The largest absolute Gasteiger partial charge is 0.423 e. The predicted octanol–water partition coefficient (Wildman–Crippen LogP) is 5.29. The van der Waals surface area contributed by atoms with Crippen LogP contribution >= 0.6 is 0 Å². The summed E-state index contributed by atoms with van der Waals surface area (Å²) in [7, 11) is 0. The van der Waals surface area contributed by atoms with Gasteiger partial charge in [0.15, 0.2) is 11.5 Å².